The van der Waals surface area contributed by atoms with E-state index in [2.05, 4.69) is 25.1 Å². The van der Waals surface area contributed by atoms with Gasteiger partial charge in [-0.2, -0.15) is 0 Å². The second-order valence-corrected chi connectivity index (χ2v) is 5.16. The smallest absolute Gasteiger partial charge is 0.119 e. The van der Waals surface area contributed by atoms with Crippen molar-refractivity contribution in [1.82, 2.24) is 0 Å². The molecule has 1 fully saturated rings. The average molecular weight is 219 g/mol. The highest BCUT2D eigenvalue weighted by Crippen LogP contribution is 2.46. The maximum Gasteiger partial charge on any atom is 0.119 e. The topological polar surface area (TPSA) is 35.2 Å². The number of rotatable bonds is 5. The van der Waals surface area contributed by atoms with E-state index < -0.39 is 0 Å². The molecule has 16 heavy (non-hydrogen) atoms. The van der Waals surface area contributed by atoms with E-state index in [0.717, 1.165) is 24.6 Å². The Bertz CT molecular complexity index is 360. The molecule has 1 saturated carbocycles. The molecular formula is C14H21NO. The van der Waals surface area contributed by atoms with Crippen molar-refractivity contribution in [2.24, 2.45) is 17.1 Å². The van der Waals surface area contributed by atoms with E-state index >= 15 is 0 Å². The predicted molar refractivity (Wildman–Crippen MR) is 66.6 cm³/mol. The molecule has 1 aromatic rings. The molecule has 0 saturated heterocycles. The zero-order valence-corrected chi connectivity index (χ0v) is 10.2. The van der Waals surface area contributed by atoms with Crippen LogP contribution in [0.25, 0.3) is 0 Å². The molecule has 2 heteroatoms. The lowest BCUT2D eigenvalue weighted by molar-refractivity contribution is 0.281. The second-order valence-electron chi connectivity index (χ2n) is 5.16. The standard InChI is InChI=1S/C14H21NO/c1-14(10-15,12-6-7-12)9-11-4-3-5-13(8-11)16-2/h3-5,8,12H,6-7,9-10,15H2,1-2H3. The molecule has 2 rings (SSSR count). The van der Waals surface area contributed by atoms with Crippen molar-refractivity contribution < 1.29 is 4.74 Å². The molecule has 2 nitrogen and oxygen atoms in total. The summed E-state index contributed by atoms with van der Waals surface area (Å²) in [6.45, 7) is 3.08. The van der Waals surface area contributed by atoms with E-state index in [4.69, 9.17) is 10.5 Å². The second kappa shape index (κ2) is 4.46. The van der Waals surface area contributed by atoms with Crippen molar-refractivity contribution in [2.75, 3.05) is 13.7 Å². The summed E-state index contributed by atoms with van der Waals surface area (Å²) < 4.78 is 5.25. The van der Waals surface area contributed by atoms with Crippen LogP contribution in [0.3, 0.4) is 0 Å². The van der Waals surface area contributed by atoms with Gasteiger partial charge in [-0.15, -0.1) is 0 Å². The van der Waals surface area contributed by atoms with Gasteiger partial charge in [0.25, 0.3) is 0 Å². The summed E-state index contributed by atoms with van der Waals surface area (Å²) in [5.41, 5.74) is 7.54. The Labute approximate surface area is 97.8 Å². The molecule has 0 aliphatic heterocycles. The molecule has 1 unspecified atom stereocenters. The van der Waals surface area contributed by atoms with Gasteiger partial charge in [0, 0.05) is 0 Å². The van der Waals surface area contributed by atoms with Crippen LogP contribution >= 0.6 is 0 Å². The monoisotopic (exact) mass is 219 g/mol. The lowest BCUT2D eigenvalue weighted by Crippen LogP contribution is -2.31. The van der Waals surface area contributed by atoms with Crippen LogP contribution in [-0.2, 0) is 6.42 Å². The molecular weight excluding hydrogens is 198 g/mol. The van der Waals surface area contributed by atoms with Crippen LogP contribution in [0.5, 0.6) is 5.75 Å². The summed E-state index contributed by atoms with van der Waals surface area (Å²) in [7, 11) is 1.71. The lowest BCUT2D eigenvalue weighted by atomic mass is 9.79. The van der Waals surface area contributed by atoms with Crippen LogP contribution in [-0.4, -0.2) is 13.7 Å². The third-order valence-electron chi connectivity index (χ3n) is 3.77. The third-order valence-corrected chi connectivity index (χ3v) is 3.77. The SMILES string of the molecule is COc1cccc(CC(C)(CN)C2CC2)c1. The Balaban J connectivity index is 2.12. The van der Waals surface area contributed by atoms with Crippen LogP contribution < -0.4 is 10.5 Å². The summed E-state index contributed by atoms with van der Waals surface area (Å²) >= 11 is 0. The Morgan fingerprint density at radius 3 is 2.75 bits per heavy atom. The number of hydrogen-bond donors (Lipinski definition) is 1. The highest BCUT2D eigenvalue weighted by Gasteiger charge is 2.40. The van der Waals surface area contributed by atoms with E-state index in [1.807, 2.05) is 6.07 Å². The van der Waals surface area contributed by atoms with Gasteiger partial charge < -0.3 is 10.5 Å². The number of ether oxygens (including phenoxy) is 1. The zero-order valence-electron chi connectivity index (χ0n) is 10.2. The van der Waals surface area contributed by atoms with E-state index in [-0.39, 0.29) is 5.41 Å². The Morgan fingerprint density at radius 1 is 1.44 bits per heavy atom. The zero-order chi connectivity index (χ0) is 11.6. The summed E-state index contributed by atoms with van der Waals surface area (Å²) in [6, 6.07) is 8.33. The molecule has 0 aromatic heterocycles. The van der Waals surface area contributed by atoms with E-state index in [1.54, 1.807) is 7.11 Å². The van der Waals surface area contributed by atoms with Gasteiger partial charge in [0.2, 0.25) is 0 Å². The van der Waals surface area contributed by atoms with Gasteiger partial charge in [-0.05, 0) is 54.8 Å². The quantitative estimate of drug-likeness (QED) is 0.826. The van der Waals surface area contributed by atoms with Crippen molar-refractivity contribution in [2.45, 2.75) is 26.2 Å². The van der Waals surface area contributed by atoms with Crippen LogP contribution in [0.1, 0.15) is 25.3 Å². The third kappa shape index (κ3) is 2.38. The van der Waals surface area contributed by atoms with Crippen molar-refractivity contribution in [3.63, 3.8) is 0 Å². The molecule has 88 valence electrons. The molecule has 2 N–H and O–H groups in total. The van der Waals surface area contributed by atoms with Gasteiger partial charge in [0.15, 0.2) is 0 Å². The first-order chi connectivity index (χ1) is 7.68. The minimum atomic E-state index is 0.270. The molecule has 0 spiro atoms. The van der Waals surface area contributed by atoms with Crippen LogP contribution in [0.15, 0.2) is 24.3 Å². The van der Waals surface area contributed by atoms with Gasteiger partial charge in [-0.25, -0.2) is 0 Å². The molecule has 0 heterocycles. The molecule has 0 bridgehead atoms. The van der Waals surface area contributed by atoms with Crippen molar-refractivity contribution in [1.29, 1.82) is 0 Å². The van der Waals surface area contributed by atoms with E-state index in [1.165, 1.54) is 18.4 Å². The maximum absolute atomic E-state index is 5.94. The summed E-state index contributed by atoms with van der Waals surface area (Å²) in [5.74, 6) is 1.76. The Morgan fingerprint density at radius 2 is 2.19 bits per heavy atom. The summed E-state index contributed by atoms with van der Waals surface area (Å²) in [5, 5.41) is 0. The van der Waals surface area contributed by atoms with Crippen LogP contribution in [0.2, 0.25) is 0 Å². The fourth-order valence-electron chi connectivity index (χ4n) is 2.41. The van der Waals surface area contributed by atoms with Crippen molar-refractivity contribution >= 4 is 0 Å². The van der Waals surface area contributed by atoms with Crippen LogP contribution in [0, 0.1) is 11.3 Å². The highest BCUT2D eigenvalue weighted by molar-refractivity contribution is 5.29. The molecule has 1 aromatic carbocycles. The first kappa shape index (κ1) is 11.5. The first-order valence-electron chi connectivity index (χ1n) is 6.01. The minimum absolute atomic E-state index is 0.270. The largest absolute Gasteiger partial charge is 0.497 e. The molecule has 1 aliphatic rings. The number of nitrogens with two attached hydrogens (primary N) is 1. The number of methoxy groups -OCH3 is 1. The normalized spacial score (nSPS) is 19.2. The van der Waals surface area contributed by atoms with Crippen molar-refractivity contribution in [3.8, 4) is 5.75 Å². The van der Waals surface area contributed by atoms with Gasteiger partial charge in [-0.3, -0.25) is 0 Å². The minimum Gasteiger partial charge on any atom is -0.497 e. The van der Waals surface area contributed by atoms with Gasteiger partial charge in [0.1, 0.15) is 5.75 Å². The van der Waals surface area contributed by atoms with Crippen LogP contribution in [0.4, 0.5) is 0 Å². The lowest BCUT2D eigenvalue weighted by Gasteiger charge is -2.28. The Hall–Kier alpha value is -1.02. The molecule has 0 radical (unpaired) electrons. The number of hydrogen-bond acceptors (Lipinski definition) is 2. The molecule has 1 aliphatic carbocycles. The molecule has 1 atom stereocenters. The van der Waals surface area contributed by atoms with E-state index in [0.29, 0.717) is 0 Å². The van der Waals surface area contributed by atoms with E-state index in [9.17, 15) is 0 Å². The maximum atomic E-state index is 5.94. The molecule has 0 amide bonds. The summed E-state index contributed by atoms with van der Waals surface area (Å²) in [4.78, 5) is 0. The van der Waals surface area contributed by atoms with Gasteiger partial charge in [-0.1, -0.05) is 19.1 Å². The Kier molecular flexibility index (Phi) is 3.20. The first-order valence-corrected chi connectivity index (χ1v) is 6.01. The fraction of sp³-hybridized carbons (Fsp3) is 0.571. The summed E-state index contributed by atoms with van der Waals surface area (Å²) in [6.07, 6.45) is 3.75. The highest BCUT2D eigenvalue weighted by atomic mass is 16.5. The fourth-order valence-corrected chi connectivity index (χ4v) is 2.41. The average Bonchev–Trinajstić information content (AvgIpc) is 3.13. The number of benzene rings is 1. The van der Waals surface area contributed by atoms with Gasteiger partial charge in [0.05, 0.1) is 7.11 Å². The van der Waals surface area contributed by atoms with Crippen molar-refractivity contribution in [3.05, 3.63) is 29.8 Å². The van der Waals surface area contributed by atoms with Gasteiger partial charge >= 0.3 is 0 Å². The predicted octanol–water partition coefficient (Wildman–Crippen LogP) is 2.61.